The maximum absolute atomic E-state index is 10.1. The first-order valence-corrected chi connectivity index (χ1v) is 6.64. The van der Waals surface area contributed by atoms with E-state index in [0.29, 0.717) is 0 Å². The van der Waals surface area contributed by atoms with Gasteiger partial charge in [-0.3, -0.25) is 4.79 Å². The fourth-order valence-corrected chi connectivity index (χ4v) is 1.90. The molecule has 0 amide bonds. The molecule has 0 N–H and O–H groups in total. The third-order valence-electron chi connectivity index (χ3n) is 2.95. The number of hydrogen-bond donors (Lipinski definition) is 0. The summed E-state index contributed by atoms with van der Waals surface area (Å²) in [7, 11) is 0. The molecular formula is C17H22O. The van der Waals surface area contributed by atoms with E-state index in [9.17, 15) is 4.79 Å². The maximum atomic E-state index is 10.1. The van der Waals surface area contributed by atoms with Crippen molar-refractivity contribution in [1.82, 2.24) is 0 Å². The zero-order valence-corrected chi connectivity index (χ0v) is 11.1. The van der Waals surface area contributed by atoms with Gasteiger partial charge in [0.05, 0.1) is 0 Å². The van der Waals surface area contributed by atoms with Crippen LogP contribution >= 0.6 is 0 Å². The molecule has 1 rings (SSSR count). The van der Waals surface area contributed by atoms with Crippen LogP contribution in [-0.4, -0.2) is 6.29 Å². The summed E-state index contributed by atoms with van der Waals surface area (Å²) in [5.41, 5.74) is 2.77. The summed E-state index contributed by atoms with van der Waals surface area (Å²) in [6, 6.07) is 10.6. The second-order valence-electron chi connectivity index (χ2n) is 4.58. The van der Waals surface area contributed by atoms with Gasteiger partial charge in [-0.15, -0.1) is 0 Å². The standard InChI is InChI=1S/C17H22O/c1-16(11-8-9-15-18)10-4-2-5-12-17-13-6-3-7-14-17/h3,6-9,11,13-15H,2,4-5,10,12H2,1H3/b9-8+,16-11+. The van der Waals surface area contributed by atoms with Crippen LogP contribution in [0.1, 0.15) is 38.2 Å². The van der Waals surface area contributed by atoms with Gasteiger partial charge in [-0.1, -0.05) is 54.5 Å². The van der Waals surface area contributed by atoms with E-state index in [1.807, 2.05) is 12.2 Å². The quantitative estimate of drug-likeness (QED) is 0.284. The Morgan fingerprint density at radius 1 is 1.06 bits per heavy atom. The lowest BCUT2D eigenvalue weighted by atomic mass is 10.0. The van der Waals surface area contributed by atoms with Gasteiger partial charge in [0, 0.05) is 0 Å². The van der Waals surface area contributed by atoms with E-state index in [-0.39, 0.29) is 0 Å². The lowest BCUT2D eigenvalue weighted by Crippen LogP contribution is -1.86. The lowest BCUT2D eigenvalue weighted by Gasteiger charge is -2.02. The van der Waals surface area contributed by atoms with Gasteiger partial charge in [-0.05, 0) is 44.2 Å². The Bertz CT molecular complexity index is 387. The molecule has 0 aliphatic carbocycles. The van der Waals surface area contributed by atoms with Gasteiger partial charge < -0.3 is 0 Å². The number of aldehydes is 1. The Morgan fingerprint density at radius 2 is 1.83 bits per heavy atom. The van der Waals surface area contributed by atoms with Crippen molar-refractivity contribution in [2.24, 2.45) is 0 Å². The van der Waals surface area contributed by atoms with Crippen LogP contribution in [0.2, 0.25) is 0 Å². The van der Waals surface area contributed by atoms with E-state index < -0.39 is 0 Å². The zero-order valence-electron chi connectivity index (χ0n) is 11.1. The zero-order chi connectivity index (χ0) is 13.1. The van der Waals surface area contributed by atoms with Crippen LogP contribution in [0, 0.1) is 0 Å². The van der Waals surface area contributed by atoms with Crippen molar-refractivity contribution in [3.63, 3.8) is 0 Å². The largest absolute Gasteiger partial charge is 0.299 e. The fraction of sp³-hybridized carbons (Fsp3) is 0.353. The van der Waals surface area contributed by atoms with Gasteiger partial charge in [0.25, 0.3) is 0 Å². The number of benzene rings is 1. The van der Waals surface area contributed by atoms with E-state index in [1.165, 1.54) is 42.9 Å². The number of carbonyl (C=O) groups is 1. The average molecular weight is 242 g/mol. The predicted octanol–water partition coefficient (Wildman–Crippen LogP) is 4.49. The molecule has 0 aliphatic rings. The summed E-state index contributed by atoms with van der Waals surface area (Å²) < 4.78 is 0. The van der Waals surface area contributed by atoms with Gasteiger partial charge in [0.2, 0.25) is 0 Å². The Balaban J connectivity index is 2.10. The molecule has 1 heteroatoms. The Kier molecular flexibility index (Phi) is 7.54. The molecular weight excluding hydrogens is 220 g/mol. The van der Waals surface area contributed by atoms with Gasteiger partial charge in [-0.25, -0.2) is 0 Å². The molecule has 0 unspecified atom stereocenters. The summed E-state index contributed by atoms with van der Waals surface area (Å²) >= 11 is 0. The molecule has 0 bridgehead atoms. The highest BCUT2D eigenvalue weighted by Gasteiger charge is 1.93. The molecule has 0 aliphatic heterocycles. The highest BCUT2D eigenvalue weighted by atomic mass is 16.1. The molecule has 0 spiro atoms. The summed E-state index contributed by atoms with van der Waals surface area (Å²) in [5.74, 6) is 0. The summed E-state index contributed by atoms with van der Waals surface area (Å²) in [6.45, 7) is 2.12. The number of hydrogen-bond acceptors (Lipinski definition) is 1. The van der Waals surface area contributed by atoms with Gasteiger partial charge in [0.15, 0.2) is 0 Å². The van der Waals surface area contributed by atoms with Crippen LogP contribution in [0.4, 0.5) is 0 Å². The second kappa shape index (κ2) is 9.41. The smallest absolute Gasteiger partial charge is 0.142 e. The number of aryl methyl sites for hydroxylation is 1. The predicted molar refractivity (Wildman–Crippen MR) is 77.6 cm³/mol. The van der Waals surface area contributed by atoms with Crippen LogP contribution < -0.4 is 0 Å². The third-order valence-corrected chi connectivity index (χ3v) is 2.95. The minimum atomic E-state index is 0.809. The van der Waals surface area contributed by atoms with E-state index in [0.717, 1.165) is 12.7 Å². The molecule has 96 valence electrons. The molecule has 0 radical (unpaired) electrons. The van der Waals surface area contributed by atoms with Crippen molar-refractivity contribution >= 4 is 6.29 Å². The number of rotatable bonds is 8. The number of allylic oxidation sites excluding steroid dienone is 4. The molecule has 0 saturated heterocycles. The van der Waals surface area contributed by atoms with Crippen LogP contribution in [-0.2, 0) is 11.2 Å². The SMILES string of the molecule is C/C(=C\C=C\C=O)CCCCCc1ccccc1. The van der Waals surface area contributed by atoms with Gasteiger partial charge in [-0.2, -0.15) is 0 Å². The topological polar surface area (TPSA) is 17.1 Å². The highest BCUT2D eigenvalue weighted by Crippen LogP contribution is 2.11. The monoisotopic (exact) mass is 242 g/mol. The minimum Gasteiger partial charge on any atom is -0.299 e. The molecule has 0 atom stereocenters. The van der Waals surface area contributed by atoms with Gasteiger partial charge >= 0.3 is 0 Å². The fourth-order valence-electron chi connectivity index (χ4n) is 1.90. The Labute approximate surface area is 110 Å². The molecule has 18 heavy (non-hydrogen) atoms. The summed E-state index contributed by atoms with van der Waals surface area (Å²) in [4.78, 5) is 10.1. The summed E-state index contributed by atoms with van der Waals surface area (Å²) in [5, 5.41) is 0. The van der Waals surface area contributed by atoms with Crippen molar-refractivity contribution in [3.8, 4) is 0 Å². The van der Waals surface area contributed by atoms with Gasteiger partial charge in [0.1, 0.15) is 6.29 Å². The minimum absolute atomic E-state index is 0.809. The van der Waals surface area contributed by atoms with Crippen LogP contribution in [0.3, 0.4) is 0 Å². The third kappa shape index (κ3) is 6.85. The van der Waals surface area contributed by atoms with E-state index in [4.69, 9.17) is 0 Å². The number of unbranched alkanes of at least 4 members (excludes halogenated alkanes) is 2. The second-order valence-corrected chi connectivity index (χ2v) is 4.58. The molecule has 1 aromatic carbocycles. The maximum Gasteiger partial charge on any atom is 0.142 e. The molecule has 0 heterocycles. The molecule has 1 nitrogen and oxygen atoms in total. The molecule has 0 aromatic heterocycles. The van der Waals surface area contributed by atoms with Crippen molar-refractivity contribution in [3.05, 3.63) is 59.7 Å². The van der Waals surface area contributed by atoms with Crippen LogP contribution in [0.25, 0.3) is 0 Å². The van der Waals surface area contributed by atoms with E-state index in [1.54, 1.807) is 0 Å². The van der Waals surface area contributed by atoms with Crippen LogP contribution in [0.15, 0.2) is 54.1 Å². The highest BCUT2D eigenvalue weighted by molar-refractivity contribution is 5.65. The number of carbonyl (C=O) groups excluding carboxylic acids is 1. The van der Waals surface area contributed by atoms with Crippen molar-refractivity contribution < 1.29 is 4.79 Å². The normalized spacial score (nSPS) is 11.9. The van der Waals surface area contributed by atoms with Crippen molar-refractivity contribution in [2.45, 2.75) is 39.0 Å². The molecule has 0 saturated carbocycles. The Hall–Kier alpha value is -1.63. The Morgan fingerprint density at radius 3 is 2.56 bits per heavy atom. The van der Waals surface area contributed by atoms with Crippen molar-refractivity contribution in [2.75, 3.05) is 0 Å². The average Bonchev–Trinajstić information content (AvgIpc) is 2.40. The molecule has 0 fully saturated rings. The first kappa shape index (κ1) is 14.4. The lowest BCUT2D eigenvalue weighted by molar-refractivity contribution is -0.104. The first-order valence-electron chi connectivity index (χ1n) is 6.64. The van der Waals surface area contributed by atoms with Crippen molar-refractivity contribution in [1.29, 1.82) is 0 Å². The van der Waals surface area contributed by atoms with Crippen LogP contribution in [0.5, 0.6) is 0 Å². The molecule has 1 aromatic rings. The summed E-state index contributed by atoms with van der Waals surface area (Å²) in [6.07, 6.45) is 12.2. The van der Waals surface area contributed by atoms with E-state index in [2.05, 4.69) is 37.3 Å². The first-order chi connectivity index (χ1) is 8.83. The van der Waals surface area contributed by atoms with E-state index >= 15 is 0 Å².